The van der Waals surface area contributed by atoms with Crippen LogP contribution < -0.4 is 0 Å². The van der Waals surface area contributed by atoms with Gasteiger partial charge in [0.15, 0.2) is 10.1 Å². The third kappa shape index (κ3) is 3.95. The van der Waals surface area contributed by atoms with Gasteiger partial charge in [-0.3, -0.25) is 4.79 Å². The zero-order valence-corrected chi connectivity index (χ0v) is 14.8. The Hall–Kier alpha value is 0.210. The summed E-state index contributed by atoms with van der Waals surface area (Å²) in [6.07, 6.45) is 10.2. The highest BCUT2D eigenvalue weighted by Crippen LogP contribution is 2.55. The third-order valence-corrected chi connectivity index (χ3v) is 6.47. The average molecular weight is 335 g/mol. The number of hydrogen-bond donors (Lipinski definition) is 0. The maximum absolute atomic E-state index is 12.0. The lowest BCUT2D eigenvalue weighted by Crippen LogP contribution is -2.37. The molecule has 2 fully saturated rings. The van der Waals surface area contributed by atoms with Crippen molar-refractivity contribution in [2.45, 2.75) is 75.1 Å². The Balaban J connectivity index is 1.84. The molecule has 0 spiro atoms. The number of halogens is 2. The van der Waals surface area contributed by atoms with Gasteiger partial charge in [-0.25, -0.2) is 0 Å². The van der Waals surface area contributed by atoms with Crippen LogP contribution >= 0.6 is 23.2 Å². The van der Waals surface area contributed by atoms with E-state index in [2.05, 4.69) is 6.92 Å². The summed E-state index contributed by atoms with van der Waals surface area (Å²) in [5, 5.41) is 0. The first-order chi connectivity index (χ1) is 10.0. The van der Waals surface area contributed by atoms with E-state index in [1.54, 1.807) is 7.11 Å². The fourth-order valence-electron chi connectivity index (χ4n) is 4.36. The van der Waals surface area contributed by atoms with Gasteiger partial charge in [0.25, 0.3) is 0 Å². The zero-order chi connectivity index (χ0) is 15.5. The monoisotopic (exact) mass is 334 g/mol. The van der Waals surface area contributed by atoms with E-state index in [0.29, 0.717) is 24.4 Å². The number of rotatable bonds is 7. The van der Waals surface area contributed by atoms with Crippen molar-refractivity contribution in [2.24, 2.45) is 17.8 Å². The van der Waals surface area contributed by atoms with E-state index in [1.807, 2.05) is 0 Å². The molecule has 0 N–H and O–H groups in total. The summed E-state index contributed by atoms with van der Waals surface area (Å²) in [5.41, 5.74) is 0. The number of methoxy groups -OCH3 is 1. The number of Topliss-reactive ketones (excluding diaryl/α,β-unsaturated/α-hetero) is 1. The molecule has 4 unspecified atom stereocenters. The molecule has 0 saturated heterocycles. The highest BCUT2D eigenvalue weighted by molar-refractivity contribution is 6.59. The van der Waals surface area contributed by atoms with Crippen molar-refractivity contribution in [2.75, 3.05) is 7.11 Å². The van der Waals surface area contributed by atoms with Crippen LogP contribution in [0.5, 0.6) is 0 Å². The molecule has 4 atom stereocenters. The number of carbonyl (C=O) groups excluding carboxylic acids is 1. The van der Waals surface area contributed by atoms with Crippen LogP contribution in [0.2, 0.25) is 0 Å². The van der Waals surface area contributed by atoms with Crippen LogP contribution in [0.3, 0.4) is 0 Å². The topological polar surface area (TPSA) is 26.3 Å². The van der Waals surface area contributed by atoms with Crippen molar-refractivity contribution in [1.82, 2.24) is 0 Å². The first kappa shape index (κ1) is 17.6. The molecule has 2 aliphatic rings. The van der Waals surface area contributed by atoms with Crippen LogP contribution in [0.25, 0.3) is 0 Å². The van der Waals surface area contributed by atoms with Gasteiger partial charge in [0.2, 0.25) is 0 Å². The Kier molecular flexibility index (Phi) is 6.40. The van der Waals surface area contributed by atoms with Gasteiger partial charge >= 0.3 is 0 Å². The summed E-state index contributed by atoms with van der Waals surface area (Å²) in [7, 11) is 1.79. The molecule has 2 nitrogen and oxygen atoms in total. The van der Waals surface area contributed by atoms with Gasteiger partial charge in [0.05, 0.1) is 6.10 Å². The minimum Gasteiger partial charge on any atom is -0.381 e. The van der Waals surface area contributed by atoms with Crippen LogP contribution in [0, 0.1) is 17.8 Å². The van der Waals surface area contributed by atoms with Crippen LogP contribution in [0.15, 0.2) is 0 Å². The molecule has 2 rings (SSSR count). The molecule has 0 radical (unpaired) electrons. The van der Waals surface area contributed by atoms with E-state index < -0.39 is 4.33 Å². The van der Waals surface area contributed by atoms with Gasteiger partial charge in [-0.1, -0.05) is 62.2 Å². The van der Waals surface area contributed by atoms with Crippen molar-refractivity contribution >= 4 is 29.0 Å². The first-order valence-corrected chi connectivity index (χ1v) is 9.20. The summed E-state index contributed by atoms with van der Waals surface area (Å²) in [6, 6.07) is 0. The fourth-order valence-corrected chi connectivity index (χ4v) is 5.23. The highest BCUT2D eigenvalue weighted by Gasteiger charge is 2.56. The van der Waals surface area contributed by atoms with Gasteiger partial charge in [-0.15, -0.1) is 0 Å². The lowest BCUT2D eigenvalue weighted by atomic mass is 9.71. The van der Waals surface area contributed by atoms with E-state index in [4.69, 9.17) is 27.9 Å². The molecule has 4 heteroatoms. The van der Waals surface area contributed by atoms with Crippen molar-refractivity contribution in [3.63, 3.8) is 0 Å². The minimum atomic E-state index is -1.12. The normalized spacial score (nSPS) is 33.0. The molecule has 0 aromatic rings. The third-order valence-electron chi connectivity index (χ3n) is 5.54. The quantitative estimate of drug-likeness (QED) is 0.475. The minimum absolute atomic E-state index is 0.0539. The van der Waals surface area contributed by atoms with Crippen LogP contribution in [0.4, 0.5) is 0 Å². The number of unbranched alkanes of at least 4 members (excludes halogenated alkanes) is 1. The van der Waals surface area contributed by atoms with Gasteiger partial charge < -0.3 is 4.74 Å². The SMILES string of the molecule is CCC(CCCCC1CCCC2CC(=O)C(Cl)(Cl)C12)OC. The number of hydrogen-bond acceptors (Lipinski definition) is 2. The van der Waals surface area contributed by atoms with Crippen LogP contribution in [-0.4, -0.2) is 23.3 Å². The molecule has 2 aliphatic carbocycles. The van der Waals surface area contributed by atoms with Crippen molar-refractivity contribution in [3.05, 3.63) is 0 Å². The summed E-state index contributed by atoms with van der Waals surface area (Å²) >= 11 is 12.8. The molecule has 0 aromatic heterocycles. The summed E-state index contributed by atoms with van der Waals surface area (Å²) < 4.78 is 4.30. The Morgan fingerprint density at radius 2 is 2.10 bits per heavy atom. The van der Waals surface area contributed by atoms with Gasteiger partial charge in [0, 0.05) is 19.4 Å². The summed E-state index contributed by atoms with van der Waals surface area (Å²) in [5.74, 6) is 1.19. The Bertz CT molecular complexity index is 353. The van der Waals surface area contributed by atoms with E-state index in [0.717, 1.165) is 25.7 Å². The largest absolute Gasteiger partial charge is 0.381 e. The summed E-state index contributed by atoms with van der Waals surface area (Å²) in [6.45, 7) is 2.17. The van der Waals surface area contributed by atoms with Crippen molar-refractivity contribution < 1.29 is 9.53 Å². The molecule has 122 valence electrons. The van der Waals surface area contributed by atoms with Gasteiger partial charge in [0.1, 0.15) is 0 Å². The standard InChI is InChI=1S/C17H28Cl2O2/c1-3-14(21-2)10-5-4-7-12-8-6-9-13-11-15(20)17(18,19)16(12)13/h12-14,16H,3-11H2,1-2H3. The zero-order valence-electron chi connectivity index (χ0n) is 13.2. The number of fused-ring (bicyclic) bond motifs is 1. The van der Waals surface area contributed by atoms with E-state index in [-0.39, 0.29) is 11.7 Å². The predicted octanol–water partition coefficient (Wildman–Crippen LogP) is 5.15. The van der Waals surface area contributed by atoms with E-state index in [9.17, 15) is 4.79 Å². The number of alkyl halides is 2. The molecular weight excluding hydrogens is 307 g/mol. The Labute approximate surface area is 138 Å². The predicted molar refractivity (Wildman–Crippen MR) is 87.9 cm³/mol. The molecular formula is C17H28Cl2O2. The van der Waals surface area contributed by atoms with Crippen LogP contribution in [-0.2, 0) is 9.53 Å². The second-order valence-corrected chi connectivity index (χ2v) is 8.16. The van der Waals surface area contributed by atoms with Gasteiger partial charge in [-0.05, 0) is 31.1 Å². The van der Waals surface area contributed by atoms with Crippen LogP contribution in [0.1, 0.15) is 64.7 Å². The number of ketones is 1. The maximum atomic E-state index is 12.0. The molecule has 0 bridgehead atoms. The fraction of sp³-hybridized carbons (Fsp3) is 0.941. The molecule has 2 saturated carbocycles. The van der Waals surface area contributed by atoms with Crippen molar-refractivity contribution in [3.8, 4) is 0 Å². The molecule has 21 heavy (non-hydrogen) atoms. The summed E-state index contributed by atoms with van der Waals surface area (Å²) in [4.78, 5) is 12.0. The lowest BCUT2D eigenvalue weighted by molar-refractivity contribution is -0.118. The molecule has 0 heterocycles. The molecule has 0 aliphatic heterocycles. The number of ether oxygens (including phenoxy) is 1. The molecule has 0 amide bonds. The van der Waals surface area contributed by atoms with Gasteiger partial charge in [-0.2, -0.15) is 0 Å². The maximum Gasteiger partial charge on any atom is 0.179 e. The van der Waals surface area contributed by atoms with E-state index >= 15 is 0 Å². The molecule has 0 aromatic carbocycles. The second-order valence-electron chi connectivity index (χ2n) is 6.78. The van der Waals surface area contributed by atoms with Crippen molar-refractivity contribution in [1.29, 1.82) is 0 Å². The smallest absolute Gasteiger partial charge is 0.179 e. The second kappa shape index (κ2) is 7.66. The Morgan fingerprint density at radius 1 is 1.33 bits per heavy atom. The number of carbonyl (C=O) groups is 1. The average Bonchev–Trinajstić information content (AvgIpc) is 2.70. The van der Waals surface area contributed by atoms with E-state index in [1.165, 1.54) is 25.7 Å². The Morgan fingerprint density at radius 3 is 2.76 bits per heavy atom. The lowest BCUT2D eigenvalue weighted by Gasteiger charge is -2.37. The highest BCUT2D eigenvalue weighted by atomic mass is 35.5. The first-order valence-electron chi connectivity index (χ1n) is 8.44.